The van der Waals surface area contributed by atoms with Crippen LogP contribution < -0.4 is 10.1 Å². The van der Waals surface area contributed by atoms with E-state index in [1.54, 1.807) is 42.5 Å². The second kappa shape index (κ2) is 25.8. The number of anilines is 2. The highest BCUT2D eigenvalue weighted by molar-refractivity contribution is 5.96. The maximum Gasteiger partial charge on any atom is 0.416 e. The predicted octanol–water partition coefficient (Wildman–Crippen LogP) is 5.61. The lowest BCUT2D eigenvalue weighted by atomic mass is 10.1. The number of esters is 1. The van der Waals surface area contributed by atoms with Gasteiger partial charge in [-0.2, -0.15) is 13.2 Å². The van der Waals surface area contributed by atoms with Crippen molar-refractivity contribution in [2.75, 3.05) is 111 Å². The van der Waals surface area contributed by atoms with Crippen molar-refractivity contribution in [2.24, 2.45) is 0 Å². The molecule has 0 saturated carbocycles. The largest absolute Gasteiger partial charge is 0.491 e. The number of rotatable bonds is 29. The Morgan fingerprint density at radius 2 is 1.06 bits per heavy atom. The van der Waals surface area contributed by atoms with Crippen LogP contribution in [0, 0.1) is 0 Å². The average molecular weight is 738 g/mol. The van der Waals surface area contributed by atoms with E-state index in [0.29, 0.717) is 109 Å². The smallest absolute Gasteiger partial charge is 0.416 e. The van der Waals surface area contributed by atoms with Crippen LogP contribution in [0.15, 0.2) is 72.8 Å². The summed E-state index contributed by atoms with van der Waals surface area (Å²) in [6.07, 6.45) is -3.70. The van der Waals surface area contributed by atoms with Gasteiger partial charge in [-0.15, -0.1) is 0 Å². The molecule has 0 aliphatic carbocycles. The van der Waals surface area contributed by atoms with Crippen molar-refractivity contribution in [2.45, 2.75) is 6.18 Å². The van der Waals surface area contributed by atoms with Crippen molar-refractivity contribution in [3.63, 3.8) is 0 Å². The zero-order valence-electron chi connectivity index (χ0n) is 28.9. The molecule has 0 aliphatic rings. The fourth-order valence-electron chi connectivity index (χ4n) is 4.25. The minimum atomic E-state index is -4.48. The number of benzene rings is 3. The Hall–Kier alpha value is -4.09. The third-order valence-corrected chi connectivity index (χ3v) is 6.82. The van der Waals surface area contributed by atoms with E-state index in [0.717, 1.165) is 18.4 Å². The first-order chi connectivity index (χ1) is 25.4. The van der Waals surface area contributed by atoms with Crippen LogP contribution in [0.1, 0.15) is 26.3 Å². The van der Waals surface area contributed by atoms with Gasteiger partial charge in [0.15, 0.2) is 0 Å². The highest BCUT2D eigenvalue weighted by Gasteiger charge is 2.30. The van der Waals surface area contributed by atoms with Crippen molar-refractivity contribution >= 4 is 23.6 Å². The molecule has 0 radical (unpaired) electrons. The Kier molecular flexibility index (Phi) is 21.0. The van der Waals surface area contributed by atoms with Crippen LogP contribution in [-0.2, 0) is 44.1 Å². The number of aldehydes is 1. The summed E-state index contributed by atoms with van der Waals surface area (Å²) in [7, 11) is 0. The number of carbonyl (C=O) groups excluding carboxylic acids is 2. The average Bonchev–Trinajstić information content (AvgIpc) is 3.15. The number of alkyl halides is 3. The van der Waals surface area contributed by atoms with E-state index < -0.39 is 17.7 Å². The summed E-state index contributed by atoms with van der Waals surface area (Å²) in [5, 5.41) is 2.85. The van der Waals surface area contributed by atoms with E-state index in [2.05, 4.69) is 5.32 Å². The zero-order valence-corrected chi connectivity index (χ0v) is 28.9. The van der Waals surface area contributed by atoms with Crippen molar-refractivity contribution in [3.05, 3.63) is 89.5 Å². The van der Waals surface area contributed by atoms with Gasteiger partial charge in [-0.05, 0) is 54.6 Å². The van der Waals surface area contributed by atoms with Gasteiger partial charge in [-0.3, -0.25) is 4.79 Å². The molecule has 15 heteroatoms. The predicted molar refractivity (Wildman–Crippen MR) is 185 cm³/mol. The third-order valence-electron chi connectivity index (χ3n) is 6.82. The summed E-state index contributed by atoms with van der Waals surface area (Å²) in [4.78, 5) is 23.2. The lowest BCUT2D eigenvalue weighted by Gasteiger charge is -2.13. The first-order valence-corrected chi connectivity index (χ1v) is 16.8. The number of hydrogen-bond acceptors (Lipinski definition) is 12. The van der Waals surface area contributed by atoms with Crippen LogP contribution >= 0.6 is 0 Å². The molecule has 0 spiro atoms. The first kappa shape index (κ1) is 42.3. The normalized spacial score (nSPS) is 11.4. The zero-order chi connectivity index (χ0) is 37.1. The van der Waals surface area contributed by atoms with Gasteiger partial charge in [0.1, 0.15) is 25.2 Å². The van der Waals surface area contributed by atoms with Crippen LogP contribution in [0.2, 0.25) is 0 Å². The lowest BCUT2D eigenvalue weighted by molar-refractivity contribution is -0.137. The molecule has 1 N–H and O–H groups in total. The quantitative estimate of drug-likeness (QED) is 0.0540. The van der Waals surface area contributed by atoms with Gasteiger partial charge >= 0.3 is 12.1 Å². The number of hydrogen-bond donors (Lipinski definition) is 1. The summed E-state index contributed by atoms with van der Waals surface area (Å²) in [6, 6.07) is 18.0. The number of halogens is 3. The molecule has 0 aromatic heterocycles. The van der Waals surface area contributed by atoms with Gasteiger partial charge in [-0.25, -0.2) is 4.79 Å². The van der Waals surface area contributed by atoms with E-state index in [1.165, 1.54) is 18.2 Å². The van der Waals surface area contributed by atoms with Crippen LogP contribution in [0.4, 0.5) is 24.5 Å². The molecule has 0 amide bonds. The van der Waals surface area contributed by atoms with Gasteiger partial charge in [-0.1, -0.05) is 18.2 Å². The molecular formula is C37H46F3NO11. The number of nitrogens with one attached hydrogen (secondary N) is 1. The molecule has 0 aliphatic heterocycles. The van der Waals surface area contributed by atoms with Crippen LogP contribution in [0.3, 0.4) is 0 Å². The van der Waals surface area contributed by atoms with Gasteiger partial charge in [0.05, 0.1) is 109 Å². The van der Waals surface area contributed by atoms with E-state index in [4.69, 9.17) is 42.6 Å². The van der Waals surface area contributed by atoms with Crippen molar-refractivity contribution in [1.29, 1.82) is 0 Å². The SMILES string of the molecule is O=Cc1ccc(OCCOCCOCCOCCOCCOCCOCCOCCOC(=O)c2ccccc2Nc2cccc(C(F)(F)F)c2)cc1. The Bertz CT molecular complexity index is 1410. The molecule has 0 bridgehead atoms. The monoisotopic (exact) mass is 737 g/mol. The molecule has 12 nitrogen and oxygen atoms in total. The third kappa shape index (κ3) is 18.4. The van der Waals surface area contributed by atoms with E-state index in [9.17, 15) is 22.8 Å². The molecule has 52 heavy (non-hydrogen) atoms. The lowest BCUT2D eigenvalue weighted by Crippen LogP contribution is -2.16. The maximum atomic E-state index is 13.0. The molecular weight excluding hydrogens is 691 g/mol. The molecule has 0 atom stereocenters. The van der Waals surface area contributed by atoms with E-state index >= 15 is 0 Å². The fraction of sp³-hybridized carbons (Fsp3) is 0.459. The molecule has 0 saturated heterocycles. The van der Waals surface area contributed by atoms with Crippen molar-refractivity contribution < 1.29 is 65.4 Å². The Balaban J connectivity index is 1.04. The molecule has 3 aromatic rings. The summed E-state index contributed by atoms with van der Waals surface area (Å²) in [5.41, 5.74) is 0.499. The molecule has 0 unspecified atom stereocenters. The minimum Gasteiger partial charge on any atom is -0.491 e. The van der Waals surface area contributed by atoms with Gasteiger partial charge < -0.3 is 47.9 Å². The van der Waals surface area contributed by atoms with Gasteiger partial charge in [0.2, 0.25) is 0 Å². The summed E-state index contributed by atoms with van der Waals surface area (Å²) < 4.78 is 88.1. The molecule has 0 heterocycles. The first-order valence-electron chi connectivity index (χ1n) is 16.8. The highest BCUT2D eigenvalue weighted by atomic mass is 19.4. The second-order valence-electron chi connectivity index (χ2n) is 10.7. The van der Waals surface area contributed by atoms with Crippen LogP contribution in [0.5, 0.6) is 5.75 Å². The highest BCUT2D eigenvalue weighted by Crippen LogP contribution is 2.32. The molecule has 3 rings (SSSR count). The van der Waals surface area contributed by atoms with Gasteiger partial charge in [0.25, 0.3) is 0 Å². The van der Waals surface area contributed by atoms with Crippen LogP contribution in [0.25, 0.3) is 0 Å². The number of ether oxygens (including phenoxy) is 9. The Morgan fingerprint density at radius 3 is 1.56 bits per heavy atom. The summed E-state index contributed by atoms with van der Waals surface area (Å²) in [5.74, 6) is 0.0514. The van der Waals surface area contributed by atoms with E-state index in [-0.39, 0.29) is 24.5 Å². The van der Waals surface area contributed by atoms with Crippen LogP contribution in [-0.4, -0.2) is 118 Å². The Morgan fingerprint density at radius 1 is 0.577 bits per heavy atom. The standard InChI is InChI=1S/C37H46F3NO11/c38-37(39,40)31-4-3-5-32(28-31)41-35-7-2-1-6-34(35)36(43)52-27-25-50-23-21-48-19-17-46-15-13-44-12-14-45-16-18-47-20-22-49-24-26-51-33-10-8-30(29-42)9-11-33/h1-11,28-29,41H,12-27H2. The van der Waals surface area contributed by atoms with Crippen molar-refractivity contribution in [3.8, 4) is 5.75 Å². The molecule has 286 valence electrons. The van der Waals surface area contributed by atoms with Crippen molar-refractivity contribution in [1.82, 2.24) is 0 Å². The summed E-state index contributed by atoms with van der Waals surface area (Å²) in [6.45, 7) is 5.94. The fourth-order valence-corrected chi connectivity index (χ4v) is 4.25. The maximum absolute atomic E-state index is 13.0. The summed E-state index contributed by atoms with van der Waals surface area (Å²) >= 11 is 0. The van der Waals surface area contributed by atoms with Gasteiger partial charge in [0, 0.05) is 11.3 Å². The number of carbonyl (C=O) groups is 2. The second-order valence-corrected chi connectivity index (χ2v) is 10.7. The molecule has 0 fully saturated rings. The van der Waals surface area contributed by atoms with E-state index in [1.807, 2.05) is 0 Å². The minimum absolute atomic E-state index is 0.00549. The Labute approximate surface area is 301 Å². The topological polar surface area (TPSA) is 129 Å². The number of para-hydroxylation sites is 1. The molecule has 3 aromatic carbocycles.